The van der Waals surface area contributed by atoms with Crippen molar-refractivity contribution in [3.8, 4) is 6.07 Å². The first kappa shape index (κ1) is 21.0. The van der Waals surface area contributed by atoms with Crippen molar-refractivity contribution in [1.29, 1.82) is 5.26 Å². The van der Waals surface area contributed by atoms with Crippen LogP contribution in [-0.4, -0.2) is 44.0 Å². The Labute approximate surface area is 170 Å². The second-order valence-corrected chi connectivity index (χ2v) is 8.89. The van der Waals surface area contributed by atoms with E-state index in [1.165, 1.54) is 28.6 Å². The highest BCUT2D eigenvalue weighted by Gasteiger charge is 2.32. The molecule has 0 aliphatic carbocycles. The van der Waals surface area contributed by atoms with E-state index in [1.807, 2.05) is 19.9 Å². The third kappa shape index (κ3) is 4.82. The van der Waals surface area contributed by atoms with Crippen molar-refractivity contribution in [2.24, 2.45) is 0 Å². The summed E-state index contributed by atoms with van der Waals surface area (Å²) in [5.41, 5.74) is 1.14. The fourth-order valence-corrected chi connectivity index (χ4v) is 4.88. The fourth-order valence-electron chi connectivity index (χ4n) is 3.24. The average molecular weight is 414 g/mol. The highest BCUT2D eigenvalue weighted by molar-refractivity contribution is 7.89. The third-order valence-electron chi connectivity index (χ3n) is 4.59. The standard InChI is InChI=1S/C21H22N2O5S/c1-15-12-23(13-16(2)28-15)29(25,26)20-9-5-8-17(10-20)21(24)27-14-19-7-4-3-6-18(19)11-22/h3-10,15-16H,12-14H2,1-2H3/t15-,16-/m0/s1. The summed E-state index contributed by atoms with van der Waals surface area (Å²) in [6.07, 6.45) is -0.413. The molecule has 0 bridgehead atoms. The number of morpholine rings is 1. The topological polar surface area (TPSA) is 96.7 Å². The molecule has 0 aromatic heterocycles. The molecule has 1 aliphatic heterocycles. The van der Waals surface area contributed by atoms with Crippen molar-refractivity contribution >= 4 is 16.0 Å². The molecule has 0 N–H and O–H groups in total. The molecule has 29 heavy (non-hydrogen) atoms. The van der Waals surface area contributed by atoms with Crippen LogP contribution in [0.5, 0.6) is 0 Å². The van der Waals surface area contributed by atoms with Crippen LogP contribution in [0.1, 0.15) is 35.3 Å². The normalized spacial score (nSPS) is 20.0. The molecule has 0 unspecified atom stereocenters. The summed E-state index contributed by atoms with van der Waals surface area (Å²) in [5, 5.41) is 9.12. The Balaban J connectivity index is 1.76. The van der Waals surface area contributed by atoms with Gasteiger partial charge in [0.25, 0.3) is 0 Å². The molecule has 7 nitrogen and oxygen atoms in total. The summed E-state index contributed by atoms with van der Waals surface area (Å²) in [6, 6.07) is 14.7. The molecule has 1 saturated heterocycles. The van der Waals surface area contributed by atoms with Crippen LogP contribution in [0.2, 0.25) is 0 Å². The summed E-state index contributed by atoms with van der Waals surface area (Å²) in [6.45, 7) is 4.09. The molecule has 1 aliphatic rings. The number of nitrogens with zero attached hydrogens (tertiary/aromatic N) is 2. The number of esters is 1. The Kier molecular flexibility index (Phi) is 6.33. The lowest BCUT2D eigenvalue weighted by molar-refractivity contribution is -0.0440. The van der Waals surface area contributed by atoms with E-state index in [2.05, 4.69) is 0 Å². The van der Waals surface area contributed by atoms with E-state index in [-0.39, 0.29) is 42.4 Å². The molecule has 3 rings (SSSR count). The first-order valence-corrected chi connectivity index (χ1v) is 10.7. The molecule has 0 amide bonds. The predicted octanol–water partition coefficient (Wildman–Crippen LogP) is 2.71. The molecule has 0 saturated carbocycles. The van der Waals surface area contributed by atoms with Gasteiger partial charge < -0.3 is 9.47 Å². The van der Waals surface area contributed by atoms with E-state index < -0.39 is 16.0 Å². The van der Waals surface area contributed by atoms with Crippen LogP contribution >= 0.6 is 0 Å². The molecule has 0 spiro atoms. The van der Waals surface area contributed by atoms with Gasteiger partial charge >= 0.3 is 5.97 Å². The molecule has 0 radical (unpaired) electrons. The number of nitriles is 1. The molecule has 2 aromatic carbocycles. The monoisotopic (exact) mass is 414 g/mol. The summed E-state index contributed by atoms with van der Waals surface area (Å²) < 4.78 is 38.3. The van der Waals surface area contributed by atoms with Crippen molar-refractivity contribution in [2.75, 3.05) is 13.1 Å². The first-order valence-electron chi connectivity index (χ1n) is 9.22. The lowest BCUT2D eigenvalue weighted by Crippen LogP contribution is -2.48. The SMILES string of the molecule is C[C@H]1CN(S(=O)(=O)c2cccc(C(=O)OCc3ccccc3C#N)c2)C[C@H](C)O1. The van der Waals surface area contributed by atoms with Crippen LogP contribution in [0, 0.1) is 11.3 Å². The van der Waals surface area contributed by atoms with E-state index in [1.54, 1.807) is 24.3 Å². The number of carbonyl (C=O) groups excluding carboxylic acids is 1. The van der Waals surface area contributed by atoms with Crippen molar-refractivity contribution < 1.29 is 22.7 Å². The molecular weight excluding hydrogens is 392 g/mol. The molecule has 2 atom stereocenters. The maximum absolute atomic E-state index is 13.0. The van der Waals surface area contributed by atoms with Crippen LogP contribution in [0.4, 0.5) is 0 Å². The van der Waals surface area contributed by atoms with E-state index in [4.69, 9.17) is 14.7 Å². The van der Waals surface area contributed by atoms with Crippen molar-refractivity contribution in [3.05, 3.63) is 65.2 Å². The molecular formula is C21H22N2O5S. The Hall–Kier alpha value is -2.73. The predicted molar refractivity (Wildman–Crippen MR) is 105 cm³/mol. The Morgan fingerprint density at radius 3 is 2.55 bits per heavy atom. The number of hydrogen-bond acceptors (Lipinski definition) is 6. The van der Waals surface area contributed by atoms with Crippen molar-refractivity contribution in [1.82, 2.24) is 4.31 Å². The molecule has 1 fully saturated rings. The number of hydrogen-bond donors (Lipinski definition) is 0. The number of benzene rings is 2. The smallest absolute Gasteiger partial charge is 0.338 e. The van der Waals surface area contributed by atoms with Crippen LogP contribution < -0.4 is 0 Å². The number of ether oxygens (including phenoxy) is 2. The number of sulfonamides is 1. The van der Waals surface area contributed by atoms with E-state index >= 15 is 0 Å². The zero-order valence-electron chi connectivity index (χ0n) is 16.2. The van der Waals surface area contributed by atoms with Gasteiger partial charge in [0.15, 0.2) is 0 Å². The summed E-state index contributed by atoms with van der Waals surface area (Å²) in [4.78, 5) is 12.5. The van der Waals surface area contributed by atoms with Gasteiger partial charge in [0.2, 0.25) is 10.0 Å². The van der Waals surface area contributed by atoms with Crippen LogP contribution in [0.25, 0.3) is 0 Å². The van der Waals surface area contributed by atoms with Crippen LogP contribution in [0.15, 0.2) is 53.4 Å². The average Bonchev–Trinajstić information content (AvgIpc) is 2.71. The van der Waals surface area contributed by atoms with Crippen molar-refractivity contribution in [3.63, 3.8) is 0 Å². The summed E-state index contributed by atoms with van der Waals surface area (Å²) in [7, 11) is -3.76. The Morgan fingerprint density at radius 2 is 1.86 bits per heavy atom. The summed E-state index contributed by atoms with van der Waals surface area (Å²) in [5.74, 6) is -0.654. The second kappa shape index (κ2) is 8.74. The van der Waals surface area contributed by atoms with Gasteiger partial charge in [-0.3, -0.25) is 0 Å². The Bertz CT molecular complexity index is 1040. The largest absolute Gasteiger partial charge is 0.457 e. The maximum Gasteiger partial charge on any atom is 0.338 e. The lowest BCUT2D eigenvalue weighted by atomic mass is 10.1. The zero-order chi connectivity index (χ0) is 21.0. The molecule has 1 heterocycles. The van der Waals surface area contributed by atoms with Crippen molar-refractivity contribution in [2.45, 2.75) is 37.6 Å². The first-order chi connectivity index (χ1) is 13.8. The molecule has 8 heteroatoms. The second-order valence-electron chi connectivity index (χ2n) is 6.95. The minimum Gasteiger partial charge on any atom is -0.457 e. The molecule has 2 aromatic rings. The summed E-state index contributed by atoms with van der Waals surface area (Å²) >= 11 is 0. The van der Waals surface area contributed by atoms with Crippen LogP contribution in [-0.2, 0) is 26.1 Å². The van der Waals surface area contributed by atoms with E-state index in [0.29, 0.717) is 11.1 Å². The quantitative estimate of drug-likeness (QED) is 0.698. The van der Waals surface area contributed by atoms with Gasteiger partial charge in [-0.05, 0) is 38.1 Å². The number of rotatable bonds is 5. The van der Waals surface area contributed by atoms with E-state index in [9.17, 15) is 13.2 Å². The molecule has 152 valence electrons. The van der Waals surface area contributed by atoms with Gasteiger partial charge in [0.05, 0.1) is 34.3 Å². The van der Waals surface area contributed by atoms with Gasteiger partial charge in [-0.2, -0.15) is 9.57 Å². The fraction of sp³-hybridized carbons (Fsp3) is 0.333. The highest BCUT2D eigenvalue weighted by atomic mass is 32.2. The minimum atomic E-state index is -3.76. The van der Waals surface area contributed by atoms with Gasteiger partial charge in [-0.15, -0.1) is 0 Å². The zero-order valence-corrected chi connectivity index (χ0v) is 17.1. The van der Waals surface area contributed by atoms with Crippen LogP contribution in [0.3, 0.4) is 0 Å². The lowest BCUT2D eigenvalue weighted by Gasteiger charge is -2.34. The Morgan fingerprint density at radius 1 is 1.17 bits per heavy atom. The maximum atomic E-state index is 13.0. The minimum absolute atomic E-state index is 0.0330. The van der Waals surface area contributed by atoms with Gasteiger partial charge in [0.1, 0.15) is 6.61 Å². The highest BCUT2D eigenvalue weighted by Crippen LogP contribution is 2.22. The third-order valence-corrected chi connectivity index (χ3v) is 6.42. The van der Waals surface area contributed by atoms with Gasteiger partial charge in [-0.25, -0.2) is 13.2 Å². The van der Waals surface area contributed by atoms with Gasteiger partial charge in [-0.1, -0.05) is 24.3 Å². The van der Waals surface area contributed by atoms with Gasteiger partial charge in [0, 0.05) is 18.7 Å². The number of carbonyl (C=O) groups is 1. The van der Waals surface area contributed by atoms with E-state index in [0.717, 1.165) is 0 Å².